The number of hydrogen-bond donors (Lipinski definition) is 1. The van der Waals surface area contributed by atoms with Crippen LogP contribution in [0.15, 0.2) is 30.6 Å². The standard InChI is InChI=1S/C17H27N3/c1-17(2,3)19-12-8-4-5-9-13-20-14-18-15-10-6-7-11-16(15)20/h6-7,10-11,14,19H,4-5,8-9,12-13H2,1-3H3. The summed E-state index contributed by atoms with van der Waals surface area (Å²) in [6, 6.07) is 8.35. The number of fused-ring (bicyclic) bond motifs is 1. The normalized spacial score (nSPS) is 12.2. The van der Waals surface area contributed by atoms with Crippen molar-refractivity contribution >= 4 is 11.0 Å². The maximum Gasteiger partial charge on any atom is 0.0958 e. The summed E-state index contributed by atoms with van der Waals surface area (Å²) in [6.45, 7) is 8.86. The van der Waals surface area contributed by atoms with E-state index in [1.54, 1.807) is 0 Å². The molecule has 0 spiro atoms. The van der Waals surface area contributed by atoms with Gasteiger partial charge in [-0.2, -0.15) is 0 Å². The zero-order valence-electron chi connectivity index (χ0n) is 13.0. The topological polar surface area (TPSA) is 29.9 Å². The molecule has 0 atom stereocenters. The molecule has 0 saturated carbocycles. The molecule has 110 valence electrons. The number of aromatic nitrogens is 2. The molecule has 2 rings (SSSR count). The highest BCUT2D eigenvalue weighted by Crippen LogP contribution is 2.13. The van der Waals surface area contributed by atoms with Crippen LogP contribution in [0.2, 0.25) is 0 Å². The minimum Gasteiger partial charge on any atom is -0.331 e. The first-order chi connectivity index (χ1) is 9.56. The molecule has 0 saturated heterocycles. The summed E-state index contributed by atoms with van der Waals surface area (Å²) < 4.78 is 2.27. The molecule has 0 unspecified atom stereocenters. The zero-order chi connectivity index (χ0) is 14.4. The van der Waals surface area contributed by atoms with Gasteiger partial charge in [0.1, 0.15) is 0 Å². The Morgan fingerprint density at radius 1 is 1.05 bits per heavy atom. The predicted octanol–water partition coefficient (Wildman–Crippen LogP) is 3.98. The average molecular weight is 273 g/mol. The van der Waals surface area contributed by atoms with Crippen LogP contribution in [0, 0.1) is 0 Å². The van der Waals surface area contributed by atoms with Crippen LogP contribution in [0.5, 0.6) is 0 Å². The van der Waals surface area contributed by atoms with Gasteiger partial charge in [0.25, 0.3) is 0 Å². The van der Waals surface area contributed by atoms with Gasteiger partial charge in [-0.1, -0.05) is 25.0 Å². The fourth-order valence-corrected chi connectivity index (χ4v) is 2.41. The molecule has 2 aromatic rings. The minimum atomic E-state index is 0.246. The first-order valence-electron chi connectivity index (χ1n) is 7.71. The van der Waals surface area contributed by atoms with Crippen LogP contribution in [0.25, 0.3) is 11.0 Å². The Bertz CT molecular complexity index is 522. The van der Waals surface area contributed by atoms with Crippen molar-refractivity contribution in [1.82, 2.24) is 14.9 Å². The number of rotatable bonds is 7. The lowest BCUT2D eigenvalue weighted by Gasteiger charge is -2.20. The third-order valence-corrected chi connectivity index (χ3v) is 3.51. The molecule has 1 aromatic carbocycles. The predicted molar refractivity (Wildman–Crippen MR) is 86.0 cm³/mol. The summed E-state index contributed by atoms with van der Waals surface area (Å²) in [7, 11) is 0. The van der Waals surface area contributed by atoms with E-state index in [0.29, 0.717) is 0 Å². The number of benzene rings is 1. The van der Waals surface area contributed by atoms with E-state index < -0.39 is 0 Å². The summed E-state index contributed by atoms with van der Waals surface area (Å²) in [5, 5.41) is 3.54. The number of unbranched alkanes of at least 4 members (excludes halogenated alkanes) is 3. The molecular formula is C17H27N3. The molecule has 0 aliphatic rings. The van der Waals surface area contributed by atoms with E-state index in [2.05, 4.69) is 53.8 Å². The van der Waals surface area contributed by atoms with Crippen molar-refractivity contribution < 1.29 is 0 Å². The molecule has 0 aliphatic heterocycles. The molecule has 3 heteroatoms. The van der Waals surface area contributed by atoms with Crippen LogP contribution in [0.1, 0.15) is 46.5 Å². The maximum atomic E-state index is 4.43. The van der Waals surface area contributed by atoms with E-state index in [1.165, 1.54) is 31.2 Å². The van der Waals surface area contributed by atoms with Crippen LogP contribution >= 0.6 is 0 Å². The Balaban J connectivity index is 1.64. The summed E-state index contributed by atoms with van der Waals surface area (Å²) in [5.41, 5.74) is 2.60. The van der Waals surface area contributed by atoms with E-state index in [1.807, 2.05) is 12.4 Å². The zero-order valence-corrected chi connectivity index (χ0v) is 13.0. The second-order valence-electron chi connectivity index (χ2n) is 6.52. The fraction of sp³-hybridized carbons (Fsp3) is 0.588. The fourth-order valence-electron chi connectivity index (χ4n) is 2.41. The molecule has 20 heavy (non-hydrogen) atoms. The van der Waals surface area contributed by atoms with Crippen molar-refractivity contribution in [3.8, 4) is 0 Å². The van der Waals surface area contributed by atoms with E-state index >= 15 is 0 Å². The van der Waals surface area contributed by atoms with Gasteiger partial charge in [-0.15, -0.1) is 0 Å². The molecule has 3 nitrogen and oxygen atoms in total. The largest absolute Gasteiger partial charge is 0.331 e. The first kappa shape index (κ1) is 15.0. The maximum absolute atomic E-state index is 4.43. The van der Waals surface area contributed by atoms with E-state index in [4.69, 9.17) is 0 Å². The van der Waals surface area contributed by atoms with Gasteiger partial charge in [-0.05, 0) is 52.3 Å². The molecule has 1 N–H and O–H groups in total. The third kappa shape index (κ3) is 4.64. The summed E-state index contributed by atoms with van der Waals surface area (Å²) in [5.74, 6) is 0. The number of para-hydroxylation sites is 2. The van der Waals surface area contributed by atoms with Crippen molar-refractivity contribution in [2.75, 3.05) is 6.54 Å². The van der Waals surface area contributed by atoms with Crippen LogP contribution in [-0.2, 0) is 6.54 Å². The van der Waals surface area contributed by atoms with Gasteiger partial charge in [0.15, 0.2) is 0 Å². The SMILES string of the molecule is CC(C)(C)NCCCCCCn1cnc2ccccc21. The van der Waals surface area contributed by atoms with Gasteiger partial charge in [0.05, 0.1) is 17.4 Å². The molecule has 1 heterocycles. The summed E-state index contributed by atoms with van der Waals surface area (Å²) >= 11 is 0. The average Bonchev–Trinajstić information content (AvgIpc) is 2.80. The van der Waals surface area contributed by atoms with Crippen LogP contribution in [0.4, 0.5) is 0 Å². The summed E-state index contributed by atoms with van der Waals surface area (Å²) in [4.78, 5) is 4.43. The Labute approximate surface area is 122 Å². The lowest BCUT2D eigenvalue weighted by atomic mass is 10.1. The minimum absolute atomic E-state index is 0.246. The Kier molecular flexibility index (Phi) is 5.18. The smallest absolute Gasteiger partial charge is 0.0958 e. The highest BCUT2D eigenvalue weighted by Gasteiger charge is 2.06. The molecule has 0 amide bonds. The van der Waals surface area contributed by atoms with Crippen LogP contribution < -0.4 is 5.32 Å². The second-order valence-corrected chi connectivity index (χ2v) is 6.52. The molecular weight excluding hydrogens is 246 g/mol. The number of nitrogens with one attached hydrogen (secondary N) is 1. The Morgan fingerprint density at radius 3 is 2.60 bits per heavy atom. The van der Waals surface area contributed by atoms with Gasteiger partial charge < -0.3 is 9.88 Å². The van der Waals surface area contributed by atoms with E-state index in [-0.39, 0.29) is 5.54 Å². The molecule has 1 aromatic heterocycles. The Hall–Kier alpha value is -1.35. The van der Waals surface area contributed by atoms with Gasteiger partial charge in [0, 0.05) is 12.1 Å². The number of imidazole rings is 1. The molecule has 0 fully saturated rings. The van der Waals surface area contributed by atoms with Gasteiger partial charge in [-0.3, -0.25) is 0 Å². The van der Waals surface area contributed by atoms with Crippen LogP contribution in [0.3, 0.4) is 0 Å². The number of nitrogens with zero attached hydrogens (tertiary/aromatic N) is 2. The van der Waals surface area contributed by atoms with Crippen molar-refractivity contribution in [2.24, 2.45) is 0 Å². The van der Waals surface area contributed by atoms with Gasteiger partial charge in [0.2, 0.25) is 0 Å². The quantitative estimate of drug-likeness (QED) is 0.773. The Morgan fingerprint density at radius 2 is 1.80 bits per heavy atom. The van der Waals surface area contributed by atoms with Gasteiger partial charge in [-0.25, -0.2) is 4.98 Å². The monoisotopic (exact) mass is 273 g/mol. The molecule has 0 aliphatic carbocycles. The highest BCUT2D eigenvalue weighted by molar-refractivity contribution is 5.74. The summed E-state index contributed by atoms with van der Waals surface area (Å²) in [6.07, 6.45) is 7.05. The second kappa shape index (κ2) is 6.89. The van der Waals surface area contributed by atoms with Crippen molar-refractivity contribution in [3.63, 3.8) is 0 Å². The highest BCUT2D eigenvalue weighted by atomic mass is 15.0. The lowest BCUT2D eigenvalue weighted by molar-refractivity contribution is 0.415. The van der Waals surface area contributed by atoms with E-state index in [9.17, 15) is 0 Å². The van der Waals surface area contributed by atoms with Crippen molar-refractivity contribution in [2.45, 2.75) is 58.5 Å². The number of hydrogen-bond acceptors (Lipinski definition) is 2. The molecule has 0 bridgehead atoms. The third-order valence-electron chi connectivity index (χ3n) is 3.51. The first-order valence-corrected chi connectivity index (χ1v) is 7.71. The van der Waals surface area contributed by atoms with Crippen molar-refractivity contribution in [1.29, 1.82) is 0 Å². The van der Waals surface area contributed by atoms with Gasteiger partial charge >= 0.3 is 0 Å². The molecule has 0 radical (unpaired) electrons. The number of aryl methyl sites for hydroxylation is 1. The van der Waals surface area contributed by atoms with Crippen molar-refractivity contribution in [3.05, 3.63) is 30.6 Å². The lowest BCUT2D eigenvalue weighted by Crippen LogP contribution is -2.36. The van der Waals surface area contributed by atoms with Crippen LogP contribution in [-0.4, -0.2) is 21.6 Å². The van der Waals surface area contributed by atoms with E-state index in [0.717, 1.165) is 18.6 Å².